The molecule has 0 saturated carbocycles. The number of pyridine rings is 1. The van der Waals surface area contributed by atoms with Crippen molar-refractivity contribution in [2.45, 2.75) is 12.8 Å². The van der Waals surface area contributed by atoms with Gasteiger partial charge in [0.15, 0.2) is 0 Å². The van der Waals surface area contributed by atoms with Gasteiger partial charge in [-0.15, -0.1) is 0 Å². The number of methoxy groups -OCH3 is 1. The van der Waals surface area contributed by atoms with Gasteiger partial charge in [-0.25, -0.2) is 0 Å². The Labute approximate surface area is 141 Å². The highest BCUT2D eigenvalue weighted by atomic mass is 16.5. The lowest BCUT2D eigenvalue weighted by Crippen LogP contribution is -2.34. The Kier molecular flexibility index (Phi) is 6.76. The lowest BCUT2D eigenvalue weighted by molar-refractivity contribution is -0.121. The molecule has 0 atom stereocenters. The lowest BCUT2D eigenvalue weighted by atomic mass is 10.1. The molecule has 1 heterocycles. The molecule has 24 heavy (non-hydrogen) atoms. The Morgan fingerprint density at radius 1 is 1.08 bits per heavy atom. The Morgan fingerprint density at radius 2 is 1.83 bits per heavy atom. The highest BCUT2D eigenvalue weighted by Crippen LogP contribution is 2.12. The third-order valence-corrected chi connectivity index (χ3v) is 3.46. The molecular formula is C18H21N3O3. The van der Waals surface area contributed by atoms with E-state index in [9.17, 15) is 9.59 Å². The minimum Gasteiger partial charge on any atom is -0.497 e. The molecule has 0 unspecified atom stereocenters. The van der Waals surface area contributed by atoms with Gasteiger partial charge in [-0.2, -0.15) is 0 Å². The Hall–Kier alpha value is -2.89. The third-order valence-electron chi connectivity index (χ3n) is 3.46. The summed E-state index contributed by atoms with van der Waals surface area (Å²) >= 11 is 0. The molecule has 0 saturated heterocycles. The van der Waals surface area contributed by atoms with Gasteiger partial charge in [0.2, 0.25) is 5.91 Å². The van der Waals surface area contributed by atoms with Crippen LogP contribution in [0.3, 0.4) is 0 Å². The van der Waals surface area contributed by atoms with E-state index in [1.165, 1.54) is 6.20 Å². The normalized spacial score (nSPS) is 10.0. The third kappa shape index (κ3) is 5.72. The maximum absolute atomic E-state index is 11.8. The maximum Gasteiger partial charge on any atom is 0.252 e. The van der Waals surface area contributed by atoms with E-state index >= 15 is 0 Å². The highest BCUT2D eigenvalue weighted by Gasteiger charge is 2.05. The molecule has 0 aliphatic carbocycles. The van der Waals surface area contributed by atoms with Crippen LogP contribution in [0.1, 0.15) is 22.3 Å². The second-order valence-corrected chi connectivity index (χ2v) is 5.20. The average Bonchev–Trinajstić information content (AvgIpc) is 2.64. The van der Waals surface area contributed by atoms with Crippen molar-refractivity contribution < 1.29 is 14.3 Å². The molecule has 126 valence electrons. The molecule has 0 bridgehead atoms. The van der Waals surface area contributed by atoms with E-state index < -0.39 is 0 Å². The van der Waals surface area contributed by atoms with Crippen molar-refractivity contribution in [2.75, 3.05) is 20.2 Å². The van der Waals surface area contributed by atoms with Crippen LogP contribution < -0.4 is 15.4 Å². The van der Waals surface area contributed by atoms with Crippen LogP contribution in [0.15, 0.2) is 48.8 Å². The van der Waals surface area contributed by atoms with E-state index in [2.05, 4.69) is 15.6 Å². The van der Waals surface area contributed by atoms with Gasteiger partial charge in [0.1, 0.15) is 5.75 Å². The van der Waals surface area contributed by atoms with Crippen LogP contribution in [-0.2, 0) is 11.2 Å². The van der Waals surface area contributed by atoms with E-state index in [-0.39, 0.29) is 11.8 Å². The van der Waals surface area contributed by atoms with Crippen LogP contribution in [0.2, 0.25) is 0 Å². The zero-order valence-electron chi connectivity index (χ0n) is 13.6. The number of ether oxygens (including phenoxy) is 1. The van der Waals surface area contributed by atoms with Crippen LogP contribution in [0.25, 0.3) is 0 Å². The van der Waals surface area contributed by atoms with Gasteiger partial charge < -0.3 is 15.4 Å². The minimum absolute atomic E-state index is 0.0403. The second-order valence-electron chi connectivity index (χ2n) is 5.20. The number of benzene rings is 1. The number of carbonyl (C=O) groups excluding carboxylic acids is 2. The maximum atomic E-state index is 11.8. The number of rotatable bonds is 8. The average molecular weight is 327 g/mol. The smallest absolute Gasteiger partial charge is 0.252 e. The Bertz CT molecular complexity index is 657. The molecule has 0 aliphatic rings. The van der Waals surface area contributed by atoms with Gasteiger partial charge in [-0.3, -0.25) is 14.6 Å². The standard InChI is InChI=1S/C18H21N3O3/c1-24-16-7-4-14(5-8-16)6-9-17(22)20-11-12-21-18(23)15-3-2-10-19-13-15/h2-5,7-8,10,13H,6,9,11-12H2,1H3,(H,20,22)(H,21,23). The predicted octanol–water partition coefficient (Wildman–Crippen LogP) is 1.57. The summed E-state index contributed by atoms with van der Waals surface area (Å²) in [7, 11) is 1.62. The van der Waals surface area contributed by atoms with E-state index in [4.69, 9.17) is 4.74 Å². The summed E-state index contributed by atoms with van der Waals surface area (Å²) in [6.07, 6.45) is 4.18. The summed E-state index contributed by atoms with van der Waals surface area (Å²) in [4.78, 5) is 27.5. The van der Waals surface area contributed by atoms with E-state index in [1.807, 2.05) is 24.3 Å². The monoisotopic (exact) mass is 327 g/mol. The molecule has 1 aromatic heterocycles. The first kappa shape index (κ1) is 17.5. The number of hydrogen-bond acceptors (Lipinski definition) is 4. The molecule has 0 fully saturated rings. The van der Waals surface area contributed by atoms with Crippen LogP contribution in [0, 0.1) is 0 Å². The van der Waals surface area contributed by atoms with Crippen molar-refractivity contribution in [1.82, 2.24) is 15.6 Å². The summed E-state index contributed by atoms with van der Waals surface area (Å²) in [5.41, 5.74) is 1.58. The van der Waals surface area contributed by atoms with Crippen LogP contribution in [0.5, 0.6) is 5.75 Å². The number of aromatic nitrogens is 1. The van der Waals surface area contributed by atoms with Gasteiger partial charge in [-0.05, 0) is 36.2 Å². The summed E-state index contributed by atoms with van der Waals surface area (Å²) < 4.78 is 5.09. The fraction of sp³-hybridized carbons (Fsp3) is 0.278. The molecule has 0 radical (unpaired) electrons. The zero-order chi connectivity index (χ0) is 17.2. The fourth-order valence-electron chi connectivity index (χ4n) is 2.12. The first-order valence-electron chi connectivity index (χ1n) is 7.77. The van der Waals surface area contributed by atoms with Crippen LogP contribution in [0.4, 0.5) is 0 Å². The Balaban J connectivity index is 1.62. The Morgan fingerprint density at radius 3 is 2.50 bits per heavy atom. The first-order chi connectivity index (χ1) is 11.7. The SMILES string of the molecule is COc1ccc(CCC(=O)NCCNC(=O)c2cccnc2)cc1. The summed E-state index contributed by atoms with van der Waals surface area (Å²) in [5.74, 6) is 0.560. The molecular weight excluding hydrogens is 306 g/mol. The second kappa shape index (κ2) is 9.29. The minimum atomic E-state index is -0.199. The molecule has 6 heteroatoms. The largest absolute Gasteiger partial charge is 0.497 e. The highest BCUT2D eigenvalue weighted by molar-refractivity contribution is 5.93. The molecule has 2 N–H and O–H groups in total. The molecule has 6 nitrogen and oxygen atoms in total. The van der Waals surface area contributed by atoms with Crippen molar-refractivity contribution >= 4 is 11.8 Å². The number of nitrogens with zero attached hydrogens (tertiary/aromatic N) is 1. The van der Waals surface area contributed by atoms with Crippen molar-refractivity contribution in [3.05, 3.63) is 59.9 Å². The molecule has 2 rings (SSSR count). The van der Waals surface area contributed by atoms with E-state index in [0.717, 1.165) is 11.3 Å². The predicted molar refractivity (Wildman–Crippen MR) is 90.9 cm³/mol. The van der Waals surface area contributed by atoms with Crippen molar-refractivity contribution in [2.24, 2.45) is 0 Å². The molecule has 2 aromatic rings. The summed E-state index contributed by atoms with van der Waals surface area (Å²) in [6.45, 7) is 0.773. The lowest BCUT2D eigenvalue weighted by Gasteiger charge is -2.07. The number of amides is 2. The van der Waals surface area contributed by atoms with Crippen LogP contribution in [-0.4, -0.2) is 37.0 Å². The van der Waals surface area contributed by atoms with Gasteiger partial charge in [0.25, 0.3) is 5.91 Å². The van der Waals surface area contributed by atoms with Crippen molar-refractivity contribution in [3.8, 4) is 5.75 Å². The van der Waals surface area contributed by atoms with Gasteiger partial charge >= 0.3 is 0 Å². The van der Waals surface area contributed by atoms with Gasteiger partial charge in [-0.1, -0.05) is 12.1 Å². The first-order valence-corrected chi connectivity index (χ1v) is 7.77. The van der Waals surface area contributed by atoms with Gasteiger partial charge in [0.05, 0.1) is 12.7 Å². The van der Waals surface area contributed by atoms with E-state index in [0.29, 0.717) is 31.5 Å². The molecule has 1 aromatic carbocycles. The van der Waals surface area contributed by atoms with Crippen molar-refractivity contribution in [1.29, 1.82) is 0 Å². The quantitative estimate of drug-likeness (QED) is 0.721. The topological polar surface area (TPSA) is 80.3 Å². The van der Waals surface area contributed by atoms with Crippen molar-refractivity contribution in [3.63, 3.8) is 0 Å². The van der Waals surface area contributed by atoms with Gasteiger partial charge in [0, 0.05) is 31.9 Å². The molecule has 0 spiro atoms. The number of nitrogens with one attached hydrogen (secondary N) is 2. The van der Waals surface area contributed by atoms with Crippen LogP contribution >= 0.6 is 0 Å². The zero-order valence-corrected chi connectivity index (χ0v) is 13.6. The number of aryl methyl sites for hydroxylation is 1. The summed E-state index contributed by atoms with van der Waals surface area (Å²) in [6, 6.07) is 11.0. The molecule has 2 amide bonds. The molecule has 0 aliphatic heterocycles. The number of hydrogen-bond donors (Lipinski definition) is 2. The fourth-order valence-corrected chi connectivity index (χ4v) is 2.12. The number of carbonyl (C=O) groups is 2. The summed E-state index contributed by atoms with van der Waals surface area (Å²) in [5, 5.41) is 5.52. The van der Waals surface area contributed by atoms with E-state index in [1.54, 1.807) is 25.4 Å².